The van der Waals surface area contributed by atoms with E-state index in [1.807, 2.05) is 0 Å². The fourth-order valence-corrected chi connectivity index (χ4v) is 2.39. The largest absolute Gasteiger partial charge is 0.399 e. The number of nitrogens with two attached hydrogens (primary N) is 1. The van der Waals surface area contributed by atoms with E-state index in [9.17, 15) is 9.18 Å². The molecule has 0 aliphatic heterocycles. The van der Waals surface area contributed by atoms with E-state index >= 15 is 0 Å². The maximum Gasteiger partial charge on any atom is 0.168 e. The molecular weight excluding hydrogens is 333 g/mol. The van der Waals surface area contributed by atoms with Crippen LogP contribution in [-0.4, -0.2) is 5.78 Å². The van der Waals surface area contributed by atoms with Gasteiger partial charge in [-0.3, -0.25) is 4.79 Å². The number of benzene rings is 2. The van der Waals surface area contributed by atoms with Gasteiger partial charge in [-0.1, -0.05) is 33.6 Å². The van der Waals surface area contributed by atoms with Crippen LogP contribution < -0.4 is 5.73 Å². The predicted molar refractivity (Wildman–Crippen MR) is 78.0 cm³/mol. The molecule has 2 nitrogen and oxygen atoms in total. The summed E-state index contributed by atoms with van der Waals surface area (Å²) in [6, 6.07) is 9.00. The van der Waals surface area contributed by atoms with Gasteiger partial charge in [0.15, 0.2) is 5.78 Å². The third kappa shape index (κ3) is 3.33. The maximum absolute atomic E-state index is 12.9. The molecule has 0 amide bonds. The molecule has 2 rings (SSSR count). The summed E-state index contributed by atoms with van der Waals surface area (Å²) in [6.45, 7) is 0. The van der Waals surface area contributed by atoms with Gasteiger partial charge in [0, 0.05) is 27.2 Å². The fraction of sp³-hybridized carbons (Fsp3) is 0.0714. The van der Waals surface area contributed by atoms with Crippen LogP contribution in [-0.2, 0) is 6.42 Å². The minimum absolute atomic E-state index is 0.0984. The van der Waals surface area contributed by atoms with Crippen molar-refractivity contribution in [1.29, 1.82) is 0 Å². The van der Waals surface area contributed by atoms with Gasteiger partial charge in [-0.2, -0.15) is 0 Å². The average molecular weight is 343 g/mol. The highest BCUT2D eigenvalue weighted by Crippen LogP contribution is 2.24. The Kier molecular flexibility index (Phi) is 4.22. The number of anilines is 1. The van der Waals surface area contributed by atoms with Gasteiger partial charge in [-0.15, -0.1) is 0 Å². The predicted octanol–water partition coefficient (Wildman–Crippen LogP) is 4.25. The van der Waals surface area contributed by atoms with Gasteiger partial charge < -0.3 is 5.73 Å². The highest BCUT2D eigenvalue weighted by molar-refractivity contribution is 9.10. The van der Waals surface area contributed by atoms with E-state index in [0.717, 1.165) is 0 Å². The van der Waals surface area contributed by atoms with E-state index in [4.69, 9.17) is 17.3 Å². The molecule has 2 aromatic carbocycles. The zero-order valence-electron chi connectivity index (χ0n) is 9.79. The molecule has 98 valence electrons. The second-order valence-corrected chi connectivity index (χ2v) is 5.34. The number of ketones is 1. The number of carbonyl (C=O) groups is 1. The van der Waals surface area contributed by atoms with E-state index in [0.29, 0.717) is 21.3 Å². The summed E-state index contributed by atoms with van der Waals surface area (Å²) in [5.74, 6) is -0.556. The minimum atomic E-state index is -0.425. The van der Waals surface area contributed by atoms with E-state index in [1.165, 1.54) is 18.2 Å². The lowest BCUT2D eigenvalue weighted by Crippen LogP contribution is -2.06. The Morgan fingerprint density at radius 2 is 2.00 bits per heavy atom. The molecule has 0 unspecified atom stereocenters. The van der Waals surface area contributed by atoms with Crippen molar-refractivity contribution in [3.63, 3.8) is 0 Å². The van der Waals surface area contributed by atoms with Crippen LogP contribution in [0.5, 0.6) is 0 Å². The third-order valence-electron chi connectivity index (χ3n) is 2.66. The number of carbonyl (C=O) groups excluding carboxylic acids is 1. The topological polar surface area (TPSA) is 43.1 Å². The van der Waals surface area contributed by atoms with Crippen LogP contribution in [0.15, 0.2) is 40.9 Å². The van der Waals surface area contributed by atoms with Crippen LogP contribution >= 0.6 is 27.5 Å². The maximum atomic E-state index is 12.9. The van der Waals surface area contributed by atoms with Crippen molar-refractivity contribution in [2.45, 2.75) is 6.42 Å². The SMILES string of the molecule is Nc1ccc(Br)c(C(=O)Cc2ccc(F)cc2Cl)c1. The number of Topliss-reactive ketones (excluding diaryl/α,β-unsaturated/α-hetero) is 1. The Balaban J connectivity index is 2.28. The first-order valence-electron chi connectivity index (χ1n) is 5.49. The molecule has 2 N–H and O–H groups in total. The van der Waals surface area contributed by atoms with Crippen molar-refractivity contribution < 1.29 is 9.18 Å². The molecule has 0 spiro atoms. The van der Waals surface area contributed by atoms with E-state index in [-0.39, 0.29) is 17.2 Å². The summed E-state index contributed by atoms with van der Waals surface area (Å²) in [5, 5.41) is 0.244. The standard InChI is InChI=1S/C14H10BrClFNO/c15-12-4-3-10(18)7-11(12)14(19)5-8-1-2-9(17)6-13(8)16/h1-4,6-7H,5,18H2. The molecule has 0 aliphatic rings. The lowest BCUT2D eigenvalue weighted by Gasteiger charge is -2.07. The number of rotatable bonds is 3. The van der Waals surface area contributed by atoms with Crippen LogP contribution in [0, 0.1) is 5.82 Å². The van der Waals surface area contributed by atoms with Crippen molar-refractivity contribution >= 4 is 39.0 Å². The Morgan fingerprint density at radius 3 is 2.68 bits per heavy atom. The zero-order chi connectivity index (χ0) is 14.0. The second-order valence-electron chi connectivity index (χ2n) is 4.07. The second kappa shape index (κ2) is 5.72. The van der Waals surface area contributed by atoms with Crippen molar-refractivity contribution in [1.82, 2.24) is 0 Å². The summed E-state index contributed by atoms with van der Waals surface area (Å²) < 4.78 is 13.6. The summed E-state index contributed by atoms with van der Waals surface area (Å²) >= 11 is 9.21. The molecule has 0 fully saturated rings. The lowest BCUT2D eigenvalue weighted by atomic mass is 10.0. The van der Waals surface area contributed by atoms with E-state index in [2.05, 4.69) is 15.9 Å². The Labute approximate surface area is 123 Å². The first kappa shape index (κ1) is 14.0. The van der Waals surface area contributed by atoms with E-state index in [1.54, 1.807) is 18.2 Å². The fourth-order valence-electron chi connectivity index (χ4n) is 1.69. The highest BCUT2D eigenvalue weighted by atomic mass is 79.9. The van der Waals surface area contributed by atoms with Crippen LogP contribution in [0.4, 0.5) is 10.1 Å². The summed E-state index contributed by atoms with van der Waals surface area (Å²) in [6.07, 6.45) is 0.0984. The lowest BCUT2D eigenvalue weighted by molar-refractivity contribution is 0.0992. The minimum Gasteiger partial charge on any atom is -0.399 e. The normalized spacial score (nSPS) is 10.5. The van der Waals surface area contributed by atoms with Crippen molar-refractivity contribution in [2.24, 2.45) is 0 Å². The van der Waals surface area contributed by atoms with Gasteiger partial charge in [-0.25, -0.2) is 4.39 Å². The molecule has 19 heavy (non-hydrogen) atoms. The van der Waals surface area contributed by atoms with Gasteiger partial charge in [0.25, 0.3) is 0 Å². The van der Waals surface area contributed by atoms with Gasteiger partial charge in [0.2, 0.25) is 0 Å². The molecule has 2 aromatic rings. The van der Waals surface area contributed by atoms with Gasteiger partial charge >= 0.3 is 0 Å². The Bertz CT molecular complexity index is 645. The monoisotopic (exact) mass is 341 g/mol. The summed E-state index contributed by atoms with van der Waals surface area (Å²) in [5.41, 5.74) is 7.24. The van der Waals surface area contributed by atoms with Crippen molar-refractivity contribution in [3.05, 3.63) is 62.8 Å². The Morgan fingerprint density at radius 1 is 1.26 bits per heavy atom. The van der Waals surface area contributed by atoms with Gasteiger partial charge in [0.1, 0.15) is 5.82 Å². The molecule has 0 saturated carbocycles. The third-order valence-corrected chi connectivity index (χ3v) is 3.70. The molecular formula is C14H10BrClFNO. The van der Waals surface area contributed by atoms with Crippen LogP contribution in [0.1, 0.15) is 15.9 Å². The van der Waals surface area contributed by atoms with Crippen LogP contribution in [0.25, 0.3) is 0 Å². The zero-order valence-corrected chi connectivity index (χ0v) is 12.1. The van der Waals surface area contributed by atoms with Crippen molar-refractivity contribution in [3.8, 4) is 0 Å². The average Bonchev–Trinajstić information content (AvgIpc) is 2.35. The Hall–Kier alpha value is -1.39. The molecule has 0 atom stereocenters. The molecule has 0 bridgehead atoms. The number of hydrogen-bond donors (Lipinski definition) is 1. The molecule has 0 aliphatic carbocycles. The van der Waals surface area contributed by atoms with Gasteiger partial charge in [-0.05, 0) is 35.9 Å². The molecule has 5 heteroatoms. The molecule has 0 saturated heterocycles. The van der Waals surface area contributed by atoms with Crippen LogP contribution in [0.3, 0.4) is 0 Å². The smallest absolute Gasteiger partial charge is 0.168 e. The number of hydrogen-bond acceptors (Lipinski definition) is 2. The van der Waals surface area contributed by atoms with Gasteiger partial charge in [0.05, 0.1) is 0 Å². The van der Waals surface area contributed by atoms with Crippen molar-refractivity contribution in [2.75, 3.05) is 5.73 Å². The summed E-state index contributed by atoms with van der Waals surface area (Å²) in [4.78, 5) is 12.2. The first-order chi connectivity index (χ1) is 8.97. The molecule has 0 radical (unpaired) electrons. The summed E-state index contributed by atoms with van der Waals surface area (Å²) in [7, 11) is 0. The van der Waals surface area contributed by atoms with Crippen LogP contribution in [0.2, 0.25) is 5.02 Å². The molecule has 0 heterocycles. The number of nitrogen functional groups attached to an aromatic ring is 1. The molecule has 0 aromatic heterocycles. The first-order valence-corrected chi connectivity index (χ1v) is 6.66. The van der Waals surface area contributed by atoms with E-state index < -0.39 is 5.82 Å². The number of halogens is 3. The highest BCUT2D eigenvalue weighted by Gasteiger charge is 2.13. The quantitative estimate of drug-likeness (QED) is 0.669.